The molecule has 1 aromatic carbocycles. The van der Waals surface area contributed by atoms with Gasteiger partial charge in [-0.1, -0.05) is 25.3 Å². The van der Waals surface area contributed by atoms with E-state index < -0.39 is 0 Å². The van der Waals surface area contributed by atoms with E-state index in [1.54, 1.807) is 4.68 Å². The largest absolute Gasteiger partial charge is 0.454 e. The fourth-order valence-electron chi connectivity index (χ4n) is 5.44. The molecule has 5 rings (SSSR count). The van der Waals surface area contributed by atoms with E-state index in [9.17, 15) is 4.79 Å². The zero-order valence-corrected chi connectivity index (χ0v) is 21.0. The molecule has 184 valence electrons. The quantitative estimate of drug-likeness (QED) is 0.575. The van der Waals surface area contributed by atoms with E-state index in [2.05, 4.69) is 32.5 Å². The summed E-state index contributed by atoms with van der Waals surface area (Å²) in [7, 11) is 0. The highest BCUT2D eigenvalue weighted by Gasteiger charge is 2.35. The molecule has 1 aliphatic carbocycles. The Morgan fingerprint density at radius 1 is 1.00 bits per heavy atom. The van der Waals surface area contributed by atoms with Crippen LogP contribution in [0.2, 0.25) is 0 Å². The first-order valence-corrected chi connectivity index (χ1v) is 12.4. The van der Waals surface area contributed by atoms with Gasteiger partial charge in [-0.3, -0.25) is 4.79 Å². The van der Waals surface area contributed by atoms with Crippen LogP contribution in [-0.4, -0.2) is 39.0 Å². The summed E-state index contributed by atoms with van der Waals surface area (Å²) in [6, 6.07) is 8.16. The minimum atomic E-state index is -0.0872. The molecule has 2 aliphatic rings. The Balaban J connectivity index is 1.33. The fourth-order valence-corrected chi connectivity index (χ4v) is 5.44. The van der Waals surface area contributed by atoms with E-state index in [0.717, 1.165) is 65.5 Å². The summed E-state index contributed by atoms with van der Waals surface area (Å²) >= 11 is 0. The second-order valence-corrected chi connectivity index (χ2v) is 9.87. The Bertz CT molecular complexity index is 1240. The minimum absolute atomic E-state index is 0.00258. The number of fused-ring (bicyclic) bond motifs is 1. The molecule has 8 heteroatoms. The van der Waals surface area contributed by atoms with Crippen molar-refractivity contribution in [1.29, 1.82) is 0 Å². The van der Waals surface area contributed by atoms with Crippen molar-refractivity contribution in [3.05, 3.63) is 58.2 Å². The Hall–Kier alpha value is -3.42. The van der Waals surface area contributed by atoms with Crippen LogP contribution < -0.4 is 14.8 Å². The monoisotopic (exact) mass is 475 g/mol. The van der Waals surface area contributed by atoms with Crippen molar-refractivity contribution >= 4 is 5.91 Å². The number of nitrogens with zero attached hydrogens (tertiary/aromatic N) is 4. The number of carbonyl (C=O) groups excluding carboxylic acids is 1. The maximum absolute atomic E-state index is 13.2. The lowest BCUT2D eigenvalue weighted by Gasteiger charge is -2.38. The molecule has 1 aliphatic heterocycles. The molecule has 1 N–H and O–H groups in total. The second kappa shape index (κ2) is 9.32. The van der Waals surface area contributed by atoms with Crippen LogP contribution >= 0.6 is 0 Å². The molecule has 0 atom stereocenters. The number of benzene rings is 1. The van der Waals surface area contributed by atoms with E-state index >= 15 is 0 Å². The molecule has 1 amide bonds. The molecule has 0 unspecified atom stereocenters. The molecule has 0 spiro atoms. The molecule has 2 aromatic heterocycles. The molecular formula is C27H33N5O3. The Labute approximate surface area is 206 Å². The highest BCUT2D eigenvalue weighted by Crippen LogP contribution is 2.43. The van der Waals surface area contributed by atoms with E-state index in [1.165, 1.54) is 12.0 Å². The van der Waals surface area contributed by atoms with Crippen LogP contribution in [0.15, 0.2) is 24.3 Å². The molecule has 35 heavy (non-hydrogen) atoms. The lowest BCUT2D eigenvalue weighted by molar-refractivity contribution is -0.120. The van der Waals surface area contributed by atoms with Crippen LogP contribution in [0, 0.1) is 27.7 Å². The average molecular weight is 476 g/mol. The van der Waals surface area contributed by atoms with Crippen LogP contribution in [0.1, 0.15) is 66.0 Å². The normalized spacial score (nSPS) is 16.3. The molecule has 0 radical (unpaired) electrons. The van der Waals surface area contributed by atoms with Crippen molar-refractivity contribution in [2.45, 2.75) is 71.6 Å². The van der Waals surface area contributed by atoms with Gasteiger partial charge < -0.3 is 14.8 Å². The van der Waals surface area contributed by atoms with Gasteiger partial charge in [-0.05, 0) is 64.3 Å². The number of ether oxygens (including phenoxy) is 2. The van der Waals surface area contributed by atoms with Crippen LogP contribution in [-0.2, 0) is 16.6 Å². The Kier molecular flexibility index (Phi) is 6.21. The van der Waals surface area contributed by atoms with E-state index in [-0.39, 0.29) is 24.5 Å². The van der Waals surface area contributed by atoms with Crippen LogP contribution in [0.25, 0.3) is 5.95 Å². The third-order valence-electron chi connectivity index (χ3n) is 7.36. The molecule has 0 bridgehead atoms. The third-order valence-corrected chi connectivity index (χ3v) is 7.36. The van der Waals surface area contributed by atoms with E-state index in [4.69, 9.17) is 9.47 Å². The molecule has 8 nitrogen and oxygen atoms in total. The van der Waals surface area contributed by atoms with E-state index in [0.29, 0.717) is 12.5 Å². The van der Waals surface area contributed by atoms with Crippen LogP contribution in [0.5, 0.6) is 11.5 Å². The van der Waals surface area contributed by atoms with Gasteiger partial charge in [0.1, 0.15) is 0 Å². The van der Waals surface area contributed by atoms with Gasteiger partial charge in [0, 0.05) is 34.6 Å². The third kappa shape index (κ3) is 4.61. The predicted octanol–water partition coefficient (Wildman–Crippen LogP) is 4.19. The number of rotatable bonds is 6. The van der Waals surface area contributed by atoms with Crippen molar-refractivity contribution in [2.75, 3.05) is 13.3 Å². The Morgan fingerprint density at radius 3 is 2.46 bits per heavy atom. The number of carbonyl (C=O) groups is 1. The first-order chi connectivity index (χ1) is 16.8. The van der Waals surface area contributed by atoms with Crippen LogP contribution in [0.4, 0.5) is 0 Å². The summed E-state index contributed by atoms with van der Waals surface area (Å²) in [5, 5.41) is 7.90. The minimum Gasteiger partial charge on any atom is -0.454 e. The number of nitrogens with one attached hydrogen (secondary N) is 1. The maximum atomic E-state index is 13.2. The summed E-state index contributed by atoms with van der Waals surface area (Å²) in [6.07, 6.45) is 5.92. The number of aromatic nitrogens is 4. The zero-order chi connectivity index (χ0) is 24.6. The zero-order valence-electron chi connectivity index (χ0n) is 21.0. The number of aryl methyl sites for hydroxylation is 3. The smallest absolute Gasteiger partial charge is 0.251 e. The molecule has 1 saturated carbocycles. The van der Waals surface area contributed by atoms with Crippen molar-refractivity contribution in [2.24, 2.45) is 0 Å². The van der Waals surface area contributed by atoms with E-state index in [1.807, 2.05) is 39.8 Å². The Morgan fingerprint density at radius 2 is 1.71 bits per heavy atom. The van der Waals surface area contributed by atoms with Crippen LogP contribution in [0.3, 0.4) is 0 Å². The molecule has 1 fully saturated rings. The highest BCUT2D eigenvalue weighted by atomic mass is 16.7. The first kappa shape index (κ1) is 23.3. The molecular weight excluding hydrogens is 442 g/mol. The summed E-state index contributed by atoms with van der Waals surface area (Å²) in [4.78, 5) is 22.2. The summed E-state index contributed by atoms with van der Waals surface area (Å²) in [5.74, 6) is 2.13. The maximum Gasteiger partial charge on any atom is 0.251 e. The van der Waals surface area contributed by atoms with Crippen molar-refractivity contribution in [3.63, 3.8) is 0 Å². The molecule has 3 heterocycles. The molecule has 0 saturated heterocycles. The van der Waals surface area contributed by atoms with Gasteiger partial charge >= 0.3 is 0 Å². The lowest BCUT2D eigenvalue weighted by Crippen LogP contribution is -2.42. The number of hydrogen-bond donors (Lipinski definition) is 1. The van der Waals surface area contributed by atoms with Crippen molar-refractivity contribution in [1.82, 2.24) is 25.1 Å². The highest BCUT2D eigenvalue weighted by molar-refractivity contribution is 5.79. The van der Waals surface area contributed by atoms with Gasteiger partial charge in [0.05, 0.1) is 12.1 Å². The van der Waals surface area contributed by atoms with Gasteiger partial charge in [0.2, 0.25) is 12.7 Å². The number of hydrogen-bond acceptors (Lipinski definition) is 6. The standard InChI is InChI=1S/C27H33N5O3/c1-17-12-18(2)30-26(29-17)32-20(4)22(19(3)31-32)14-25(33)28-15-27(10-6-5-7-11-27)21-8-9-23-24(13-21)35-16-34-23/h8-9,12-13H,5-7,10-11,14-16H2,1-4H3,(H,28,33). The summed E-state index contributed by atoms with van der Waals surface area (Å²) in [6.45, 7) is 8.67. The number of amides is 1. The van der Waals surface area contributed by atoms with Gasteiger partial charge in [0.15, 0.2) is 11.5 Å². The fraction of sp³-hybridized carbons (Fsp3) is 0.481. The van der Waals surface area contributed by atoms with Gasteiger partial charge in [-0.15, -0.1) is 0 Å². The van der Waals surface area contributed by atoms with Gasteiger partial charge in [-0.2, -0.15) is 5.10 Å². The summed E-state index contributed by atoms with van der Waals surface area (Å²) < 4.78 is 12.9. The first-order valence-electron chi connectivity index (χ1n) is 12.4. The lowest BCUT2D eigenvalue weighted by atomic mass is 9.69. The molecule has 3 aromatic rings. The van der Waals surface area contributed by atoms with Gasteiger partial charge in [-0.25, -0.2) is 14.6 Å². The van der Waals surface area contributed by atoms with Gasteiger partial charge in [0.25, 0.3) is 5.95 Å². The average Bonchev–Trinajstić information content (AvgIpc) is 3.42. The van der Waals surface area contributed by atoms with Crippen molar-refractivity contribution in [3.8, 4) is 17.4 Å². The van der Waals surface area contributed by atoms with Crippen molar-refractivity contribution < 1.29 is 14.3 Å². The topological polar surface area (TPSA) is 91.2 Å². The summed E-state index contributed by atoms with van der Waals surface area (Å²) in [5.41, 5.74) is 5.55. The predicted molar refractivity (Wildman–Crippen MR) is 132 cm³/mol. The SMILES string of the molecule is Cc1cc(C)nc(-n2nc(C)c(CC(=O)NCC3(c4ccc5c(c4)OCO5)CCCCC3)c2C)n1. The second-order valence-electron chi connectivity index (χ2n) is 9.87.